The van der Waals surface area contributed by atoms with E-state index >= 15 is 0 Å². The molecule has 2 nitrogen and oxygen atoms in total. The van der Waals surface area contributed by atoms with Crippen LogP contribution in [0, 0.1) is 12.8 Å². The molecule has 0 rings (SSSR count). The summed E-state index contributed by atoms with van der Waals surface area (Å²) in [5.74, 6) is -0.659. The zero-order valence-electron chi connectivity index (χ0n) is 4.89. The average Bonchev–Trinajstić information content (AvgIpc) is 1.67. The van der Waals surface area contributed by atoms with Crippen molar-refractivity contribution in [3.8, 4) is 0 Å². The van der Waals surface area contributed by atoms with Crippen molar-refractivity contribution in [3.05, 3.63) is 19.8 Å². The molecule has 0 aromatic rings. The summed E-state index contributed by atoms with van der Waals surface area (Å²) in [6, 6.07) is 0. The lowest BCUT2D eigenvalue weighted by atomic mass is 10.2. The van der Waals surface area contributed by atoms with Gasteiger partial charge in [0.15, 0.2) is 0 Å². The Morgan fingerprint density at radius 3 is 2.50 bits per heavy atom. The molecule has 0 aliphatic heterocycles. The number of rotatable bonds is 2. The molecule has 1 radical (unpaired) electrons. The van der Waals surface area contributed by atoms with Crippen molar-refractivity contribution in [2.45, 2.75) is 6.92 Å². The van der Waals surface area contributed by atoms with Gasteiger partial charge in [-0.05, 0) is 6.92 Å². The monoisotopic (exact) mass is 113 g/mol. The molecule has 45 valence electrons. The summed E-state index contributed by atoms with van der Waals surface area (Å²) in [7, 11) is 0. The van der Waals surface area contributed by atoms with Gasteiger partial charge in [-0.25, -0.2) is 0 Å². The minimum Gasteiger partial charge on any atom is -0.435 e. The molecule has 0 N–H and O–H groups in total. The van der Waals surface area contributed by atoms with Crippen LogP contribution in [0.25, 0.3) is 0 Å². The zero-order valence-corrected chi connectivity index (χ0v) is 4.89. The summed E-state index contributed by atoms with van der Waals surface area (Å²) in [4.78, 5) is 10.4. The van der Waals surface area contributed by atoms with Crippen LogP contribution in [0.2, 0.25) is 0 Å². The second-order valence-corrected chi connectivity index (χ2v) is 1.50. The molecule has 0 aliphatic rings. The predicted octanol–water partition coefficient (Wildman–Crippen LogP) is 1.14. The van der Waals surface area contributed by atoms with Crippen molar-refractivity contribution in [2.75, 3.05) is 0 Å². The van der Waals surface area contributed by atoms with E-state index in [1.54, 1.807) is 6.92 Å². The number of ether oxygens (including phenoxy) is 1. The fourth-order valence-electron chi connectivity index (χ4n) is 0.198. The van der Waals surface area contributed by atoms with E-state index < -0.39 is 0 Å². The second kappa shape index (κ2) is 3.24. The van der Waals surface area contributed by atoms with Crippen LogP contribution in [0.5, 0.6) is 0 Å². The topological polar surface area (TPSA) is 26.3 Å². The summed E-state index contributed by atoms with van der Waals surface area (Å²) in [6.07, 6.45) is 1.10. The fourth-order valence-corrected chi connectivity index (χ4v) is 0.198. The number of esters is 1. The zero-order chi connectivity index (χ0) is 6.57. The van der Waals surface area contributed by atoms with E-state index in [2.05, 4.69) is 18.2 Å². The molecule has 0 aliphatic carbocycles. The first-order valence-corrected chi connectivity index (χ1v) is 2.33. The Morgan fingerprint density at radius 2 is 2.38 bits per heavy atom. The van der Waals surface area contributed by atoms with Crippen LogP contribution in [-0.4, -0.2) is 5.97 Å². The Balaban J connectivity index is 3.48. The minimum absolute atomic E-state index is 0.312. The van der Waals surface area contributed by atoms with Gasteiger partial charge in [0, 0.05) is 0 Å². The Labute approximate surface area is 49.1 Å². The molecule has 0 saturated heterocycles. The van der Waals surface area contributed by atoms with E-state index in [4.69, 9.17) is 0 Å². The summed E-state index contributed by atoms with van der Waals surface area (Å²) >= 11 is 0. The van der Waals surface area contributed by atoms with Crippen molar-refractivity contribution < 1.29 is 9.53 Å². The average molecular weight is 113 g/mol. The van der Waals surface area contributed by atoms with E-state index in [9.17, 15) is 4.79 Å². The molecular weight excluding hydrogens is 104 g/mol. The van der Waals surface area contributed by atoms with Crippen LogP contribution in [0.4, 0.5) is 0 Å². The van der Waals surface area contributed by atoms with Crippen LogP contribution in [0.1, 0.15) is 6.92 Å². The standard InChI is InChI=1S/C6H9O2/c1-4-8-6(7)5(2)3/h4-5H,1-2H2,3H3. The molecule has 0 amide bonds. The summed E-state index contributed by atoms with van der Waals surface area (Å²) in [6.45, 7) is 8.31. The van der Waals surface area contributed by atoms with Crippen molar-refractivity contribution in [1.29, 1.82) is 0 Å². The first kappa shape index (κ1) is 7.21. The minimum atomic E-state index is -0.347. The lowest BCUT2D eigenvalue weighted by Gasteiger charge is -1.98. The highest BCUT2D eigenvalue weighted by Gasteiger charge is 2.04. The molecule has 1 unspecified atom stereocenters. The molecule has 8 heavy (non-hydrogen) atoms. The van der Waals surface area contributed by atoms with Crippen molar-refractivity contribution in [2.24, 2.45) is 5.92 Å². The predicted molar refractivity (Wildman–Crippen MR) is 30.8 cm³/mol. The van der Waals surface area contributed by atoms with Gasteiger partial charge < -0.3 is 4.74 Å². The number of carbonyl (C=O) groups is 1. The van der Waals surface area contributed by atoms with E-state index in [-0.39, 0.29) is 11.9 Å². The highest BCUT2D eigenvalue weighted by Crippen LogP contribution is 1.93. The SMILES string of the molecule is [CH2]C(C)C(=O)OC=C. The highest BCUT2D eigenvalue weighted by atomic mass is 16.5. The molecule has 1 atom stereocenters. The molecule has 0 spiro atoms. The molecule has 0 aromatic heterocycles. The number of carbonyl (C=O) groups excluding carboxylic acids is 1. The van der Waals surface area contributed by atoms with Gasteiger partial charge in [0.05, 0.1) is 12.2 Å². The van der Waals surface area contributed by atoms with Crippen LogP contribution in [-0.2, 0) is 9.53 Å². The fraction of sp³-hybridized carbons (Fsp3) is 0.333. The summed E-state index contributed by atoms with van der Waals surface area (Å²) in [5, 5.41) is 0. The van der Waals surface area contributed by atoms with Gasteiger partial charge in [-0.15, -0.1) is 0 Å². The Hall–Kier alpha value is -0.790. The smallest absolute Gasteiger partial charge is 0.313 e. The number of hydrogen-bond donors (Lipinski definition) is 0. The maximum atomic E-state index is 10.4. The van der Waals surface area contributed by atoms with Crippen LogP contribution >= 0.6 is 0 Å². The van der Waals surface area contributed by atoms with Gasteiger partial charge in [-0.3, -0.25) is 4.79 Å². The highest BCUT2D eigenvalue weighted by molar-refractivity contribution is 5.73. The quantitative estimate of drug-likeness (QED) is 0.396. The van der Waals surface area contributed by atoms with E-state index in [0.717, 1.165) is 6.26 Å². The van der Waals surface area contributed by atoms with Gasteiger partial charge in [0.25, 0.3) is 0 Å². The molecule has 0 fully saturated rings. The third kappa shape index (κ3) is 2.39. The van der Waals surface area contributed by atoms with E-state index in [0.29, 0.717) is 0 Å². The van der Waals surface area contributed by atoms with Crippen molar-refractivity contribution in [3.63, 3.8) is 0 Å². The largest absolute Gasteiger partial charge is 0.435 e. The van der Waals surface area contributed by atoms with Crippen molar-refractivity contribution in [1.82, 2.24) is 0 Å². The Bertz CT molecular complexity index is 94.7. The first-order chi connectivity index (χ1) is 3.68. The summed E-state index contributed by atoms with van der Waals surface area (Å²) < 4.78 is 4.37. The van der Waals surface area contributed by atoms with Gasteiger partial charge in [0.2, 0.25) is 0 Å². The lowest BCUT2D eigenvalue weighted by Crippen LogP contribution is -2.07. The third-order valence-electron chi connectivity index (χ3n) is 0.602. The van der Waals surface area contributed by atoms with Crippen LogP contribution in [0.15, 0.2) is 12.8 Å². The molecule has 0 heterocycles. The van der Waals surface area contributed by atoms with Gasteiger partial charge >= 0.3 is 5.97 Å². The van der Waals surface area contributed by atoms with E-state index in [1.807, 2.05) is 0 Å². The Morgan fingerprint density at radius 1 is 1.88 bits per heavy atom. The van der Waals surface area contributed by atoms with Gasteiger partial charge in [-0.1, -0.05) is 13.5 Å². The third-order valence-corrected chi connectivity index (χ3v) is 0.602. The van der Waals surface area contributed by atoms with Gasteiger partial charge in [-0.2, -0.15) is 0 Å². The first-order valence-electron chi connectivity index (χ1n) is 2.33. The van der Waals surface area contributed by atoms with Crippen molar-refractivity contribution >= 4 is 5.97 Å². The molecular formula is C6H9O2. The lowest BCUT2D eigenvalue weighted by molar-refractivity contribution is -0.140. The van der Waals surface area contributed by atoms with Gasteiger partial charge in [0.1, 0.15) is 0 Å². The Kier molecular flexibility index (Phi) is 2.92. The normalized spacial score (nSPS) is 8.88. The maximum Gasteiger partial charge on any atom is 0.313 e. The maximum absolute atomic E-state index is 10.4. The van der Waals surface area contributed by atoms with Crippen LogP contribution < -0.4 is 0 Å². The molecule has 0 bridgehead atoms. The second-order valence-electron chi connectivity index (χ2n) is 1.50. The number of hydrogen-bond acceptors (Lipinski definition) is 2. The van der Waals surface area contributed by atoms with E-state index in [1.165, 1.54) is 0 Å². The van der Waals surface area contributed by atoms with Crippen LogP contribution in [0.3, 0.4) is 0 Å². The molecule has 0 aromatic carbocycles. The molecule has 0 saturated carbocycles. The summed E-state index contributed by atoms with van der Waals surface area (Å²) in [5.41, 5.74) is 0. The molecule has 2 heteroatoms.